The van der Waals surface area contributed by atoms with Crippen molar-refractivity contribution in [2.45, 2.75) is 82.6 Å². The van der Waals surface area contributed by atoms with E-state index in [1.165, 1.54) is 11.8 Å². The molecule has 5 amide bonds. The number of hydrogen-bond donors (Lipinski definition) is 9. The summed E-state index contributed by atoms with van der Waals surface area (Å²) in [4.78, 5) is 78.0. The van der Waals surface area contributed by atoms with E-state index in [4.69, 9.17) is 22.9 Å². The zero-order valence-electron chi connectivity index (χ0n) is 24.5. The topological polar surface area (TPSA) is 287 Å². The van der Waals surface area contributed by atoms with E-state index >= 15 is 0 Å². The smallest absolute Gasteiger partial charge is 0.245 e. The monoisotopic (exact) mass is 617 g/mol. The molecule has 6 atom stereocenters. The van der Waals surface area contributed by atoms with Gasteiger partial charge in [-0.05, 0) is 43.6 Å². The summed E-state index contributed by atoms with van der Waals surface area (Å²) in [5.41, 5.74) is 21.5. The molecule has 0 radical (unpaired) electrons. The Kier molecular flexibility index (Phi) is 19.5. The molecule has 0 spiro atoms. The first-order valence-corrected chi connectivity index (χ1v) is 15.1. The van der Waals surface area contributed by atoms with Gasteiger partial charge in [-0.15, -0.1) is 0 Å². The summed E-state index contributed by atoms with van der Waals surface area (Å²) in [6, 6.07) is -5.54. The van der Waals surface area contributed by atoms with Crippen LogP contribution in [0.3, 0.4) is 0 Å². The Balaban J connectivity index is 5.50. The van der Waals surface area contributed by atoms with Gasteiger partial charge in [-0.3, -0.25) is 29.0 Å². The summed E-state index contributed by atoms with van der Waals surface area (Å²) >= 11 is 1.44. The second-order valence-electron chi connectivity index (χ2n) is 9.77. The van der Waals surface area contributed by atoms with Gasteiger partial charge in [0.15, 0.2) is 5.96 Å². The number of nitrogens with two attached hydrogens (primary N) is 4. The van der Waals surface area contributed by atoms with Crippen molar-refractivity contribution in [2.75, 3.05) is 25.2 Å². The van der Waals surface area contributed by atoms with E-state index in [0.717, 1.165) is 0 Å². The molecule has 0 fully saturated rings. The van der Waals surface area contributed by atoms with Crippen molar-refractivity contribution in [1.29, 1.82) is 0 Å². The highest BCUT2D eigenvalue weighted by Gasteiger charge is 2.33. The van der Waals surface area contributed by atoms with Gasteiger partial charge in [0, 0.05) is 13.0 Å². The standard InChI is InChI=1S/C25H47N9O7S/c1-4-14(2)20(34-23(40)18(13-36)33-21(38)16(26)6-5-10-30-25(28)29)24(41)32-17(9-11-42-3)22(39)31-15(12-35)7-8-19(27)37/h12,14-18,20,36H,4-11,13,26H2,1-3H3,(H2,27,37)(H,31,39)(H,32,41)(H,33,38)(H,34,40)(H4,28,29,30)/t14-,15-,16-,17-,18-,20-/m0/s1. The number of nitrogens with one attached hydrogen (secondary N) is 4. The van der Waals surface area contributed by atoms with Crippen LogP contribution in [0.2, 0.25) is 0 Å². The van der Waals surface area contributed by atoms with Crippen LogP contribution < -0.4 is 44.2 Å². The molecule has 0 aliphatic heterocycles. The molecule has 0 aromatic carbocycles. The molecule has 0 aromatic rings. The number of primary amides is 1. The Morgan fingerprint density at radius 2 is 1.52 bits per heavy atom. The van der Waals surface area contributed by atoms with Crippen LogP contribution in [0.15, 0.2) is 4.99 Å². The summed E-state index contributed by atoms with van der Waals surface area (Å²) in [7, 11) is 0. The molecule has 0 rings (SSSR count). The van der Waals surface area contributed by atoms with Gasteiger partial charge in [0.25, 0.3) is 0 Å². The van der Waals surface area contributed by atoms with Gasteiger partial charge in [-0.1, -0.05) is 20.3 Å². The fourth-order valence-electron chi connectivity index (χ4n) is 3.60. The Bertz CT molecular complexity index is 934. The van der Waals surface area contributed by atoms with Gasteiger partial charge >= 0.3 is 0 Å². The molecule has 0 unspecified atom stereocenters. The summed E-state index contributed by atoms with van der Waals surface area (Å²) < 4.78 is 0. The number of rotatable bonds is 22. The normalized spacial score (nSPS) is 15.1. The molecule has 0 aliphatic rings. The van der Waals surface area contributed by atoms with Gasteiger partial charge in [-0.25, -0.2) is 0 Å². The van der Waals surface area contributed by atoms with E-state index in [9.17, 15) is 33.9 Å². The van der Waals surface area contributed by atoms with Crippen molar-refractivity contribution in [2.24, 2.45) is 33.8 Å². The number of amides is 5. The zero-order valence-corrected chi connectivity index (χ0v) is 25.3. The summed E-state index contributed by atoms with van der Waals surface area (Å²) in [5.74, 6) is -3.43. The molecule has 13 N–H and O–H groups in total. The lowest BCUT2D eigenvalue weighted by Crippen LogP contribution is -2.60. The highest BCUT2D eigenvalue weighted by molar-refractivity contribution is 7.98. The van der Waals surface area contributed by atoms with Crippen LogP contribution in [0.5, 0.6) is 0 Å². The first-order valence-electron chi connectivity index (χ1n) is 13.7. The van der Waals surface area contributed by atoms with Crippen LogP contribution in [-0.4, -0.2) is 102 Å². The molecule has 0 aliphatic carbocycles. The minimum atomic E-state index is -1.39. The lowest BCUT2D eigenvalue weighted by atomic mass is 9.97. The summed E-state index contributed by atoms with van der Waals surface area (Å²) in [5, 5.41) is 19.8. The first-order chi connectivity index (χ1) is 19.8. The molecule has 42 heavy (non-hydrogen) atoms. The second-order valence-corrected chi connectivity index (χ2v) is 10.8. The number of aliphatic imine (C=N–C) groups is 1. The third kappa shape index (κ3) is 15.5. The average molecular weight is 618 g/mol. The van der Waals surface area contributed by atoms with Gasteiger partial charge in [0.05, 0.1) is 18.7 Å². The highest BCUT2D eigenvalue weighted by Crippen LogP contribution is 2.11. The number of hydrogen-bond acceptors (Lipinski definition) is 10. The number of aldehydes is 1. The van der Waals surface area contributed by atoms with Gasteiger partial charge in [-0.2, -0.15) is 11.8 Å². The van der Waals surface area contributed by atoms with Gasteiger partial charge in [0.2, 0.25) is 29.5 Å². The van der Waals surface area contributed by atoms with E-state index in [-0.39, 0.29) is 38.2 Å². The third-order valence-electron chi connectivity index (χ3n) is 6.35. The van der Waals surface area contributed by atoms with Crippen molar-refractivity contribution in [3.63, 3.8) is 0 Å². The lowest BCUT2D eigenvalue weighted by Gasteiger charge is -2.28. The zero-order chi connectivity index (χ0) is 32.2. The van der Waals surface area contributed by atoms with E-state index < -0.39 is 72.3 Å². The van der Waals surface area contributed by atoms with Crippen LogP contribution in [0.4, 0.5) is 0 Å². The maximum atomic E-state index is 13.3. The molecular formula is C25H47N9O7S. The minimum absolute atomic E-state index is 0.00745. The number of carbonyl (C=O) groups is 6. The number of aliphatic hydroxyl groups is 1. The molecule has 0 heterocycles. The minimum Gasteiger partial charge on any atom is -0.394 e. The quantitative estimate of drug-likeness (QED) is 0.0249. The molecular weight excluding hydrogens is 570 g/mol. The van der Waals surface area contributed by atoms with Crippen molar-refractivity contribution < 1.29 is 33.9 Å². The van der Waals surface area contributed by atoms with E-state index in [1.807, 2.05) is 6.26 Å². The predicted molar refractivity (Wildman–Crippen MR) is 160 cm³/mol. The third-order valence-corrected chi connectivity index (χ3v) is 6.99. The predicted octanol–water partition coefficient (Wildman–Crippen LogP) is -3.44. The second kappa shape index (κ2) is 21.3. The van der Waals surface area contributed by atoms with Crippen molar-refractivity contribution >= 4 is 53.5 Å². The molecule has 0 aromatic heterocycles. The highest BCUT2D eigenvalue weighted by atomic mass is 32.2. The Labute approximate surface area is 250 Å². The maximum absolute atomic E-state index is 13.3. The summed E-state index contributed by atoms with van der Waals surface area (Å²) in [6.07, 6.45) is 3.51. The number of nitrogens with zero attached hydrogens (tertiary/aromatic N) is 1. The average Bonchev–Trinajstić information content (AvgIpc) is 2.95. The molecule has 0 saturated carbocycles. The molecule has 240 valence electrons. The van der Waals surface area contributed by atoms with Gasteiger partial charge < -0.3 is 54.1 Å². The van der Waals surface area contributed by atoms with Gasteiger partial charge in [0.1, 0.15) is 24.4 Å². The molecule has 0 bridgehead atoms. The van der Waals surface area contributed by atoms with Crippen LogP contribution in [0.1, 0.15) is 52.4 Å². The number of thioether (sulfide) groups is 1. The van der Waals surface area contributed by atoms with E-state index in [2.05, 4.69) is 26.3 Å². The fourth-order valence-corrected chi connectivity index (χ4v) is 4.07. The van der Waals surface area contributed by atoms with E-state index in [0.29, 0.717) is 24.9 Å². The van der Waals surface area contributed by atoms with Crippen molar-refractivity contribution in [1.82, 2.24) is 21.3 Å². The fraction of sp³-hybridized carbons (Fsp3) is 0.720. The number of guanidine groups is 1. The van der Waals surface area contributed by atoms with Crippen LogP contribution in [0, 0.1) is 5.92 Å². The number of aliphatic hydroxyl groups excluding tert-OH is 1. The lowest BCUT2D eigenvalue weighted by molar-refractivity contribution is -0.135. The van der Waals surface area contributed by atoms with Crippen molar-refractivity contribution in [3.8, 4) is 0 Å². The largest absolute Gasteiger partial charge is 0.394 e. The molecule has 17 heteroatoms. The first kappa shape index (κ1) is 38.6. The van der Waals surface area contributed by atoms with Crippen LogP contribution in [-0.2, 0) is 28.8 Å². The van der Waals surface area contributed by atoms with E-state index in [1.54, 1.807) is 13.8 Å². The summed E-state index contributed by atoms with van der Waals surface area (Å²) in [6.45, 7) is 3.02. The maximum Gasteiger partial charge on any atom is 0.245 e. The molecule has 16 nitrogen and oxygen atoms in total. The Morgan fingerprint density at radius 3 is 2.05 bits per heavy atom. The van der Waals surface area contributed by atoms with Crippen LogP contribution in [0.25, 0.3) is 0 Å². The SMILES string of the molecule is CC[C@H](C)[C@H](NC(=O)[C@H](CO)NC(=O)[C@@H](N)CCCN=C(N)N)C(=O)N[C@@H](CCSC)C(=O)N[C@H](C=O)CCC(N)=O. The van der Waals surface area contributed by atoms with Crippen LogP contribution >= 0.6 is 11.8 Å². The Hall–Kier alpha value is -3.44. The Morgan fingerprint density at radius 1 is 0.905 bits per heavy atom. The molecule has 0 saturated heterocycles. The van der Waals surface area contributed by atoms with Crippen molar-refractivity contribution in [3.05, 3.63) is 0 Å². The number of carbonyl (C=O) groups excluding carboxylic acids is 6.